The van der Waals surface area contributed by atoms with Crippen molar-refractivity contribution in [1.29, 1.82) is 0 Å². The molecule has 0 saturated heterocycles. The Morgan fingerprint density at radius 1 is 1.22 bits per heavy atom. The van der Waals surface area contributed by atoms with Gasteiger partial charge >= 0.3 is 0 Å². The lowest BCUT2D eigenvalue weighted by atomic mass is 10.2. The van der Waals surface area contributed by atoms with Gasteiger partial charge in [-0.3, -0.25) is 4.79 Å². The quantitative estimate of drug-likeness (QED) is 0.903. The third-order valence-corrected chi connectivity index (χ3v) is 2.42. The fourth-order valence-corrected chi connectivity index (χ4v) is 1.59. The average Bonchev–Trinajstić information content (AvgIpc) is 2.31. The number of rotatable bonds is 3. The monoisotopic (exact) mass is 245 g/mol. The van der Waals surface area contributed by atoms with Crippen LogP contribution in [0.3, 0.4) is 0 Å². The molecule has 0 aliphatic rings. The second kappa shape index (κ2) is 4.87. The smallest absolute Gasteiger partial charge is 0.252 e. The molecule has 0 saturated carbocycles. The van der Waals surface area contributed by atoms with Crippen molar-refractivity contribution in [2.75, 3.05) is 0 Å². The van der Waals surface area contributed by atoms with Gasteiger partial charge in [-0.2, -0.15) is 0 Å². The van der Waals surface area contributed by atoms with Crippen molar-refractivity contribution >= 4 is 5.91 Å². The van der Waals surface area contributed by atoms with Crippen molar-refractivity contribution < 1.29 is 13.9 Å². The molecular weight excluding hydrogens is 233 g/mol. The molecular formula is C14H12FNO2. The Kier molecular flexibility index (Phi) is 3.28. The van der Waals surface area contributed by atoms with Crippen LogP contribution in [0.1, 0.15) is 15.9 Å². The first-order valence-corrected chi connectivity index (χ1v) is 5.40. The van der Waals surface area contributed by atoms with Gasteiger partial charge in [0.1, 0.15) is 17.3 Å². The minimum atomic E-state index is -0.725. The molecule has 4 heteroatoms. The minimum absolute atomic E-state index is 0.0245. The number of aryl methyl sites for hydroxylation is 1. The summed E-state index contributed by atoms with van der Waals surface area (Å²) in [5, 5.41) is 0. The molecule has 0 aliphatic carbocycles. The van der Waals surface area contributed by atoms with Gasteiger partial charge in [0, 0.05) is 0 Å². The first-order valence-electron chi connectivity index (χ1n) is 5.40. The maximum absolute atomic E-state index is 13.0. The molecule has 0 aromatic heterocycles. The van der Waals surface area contributed by atoms with Gasteiger partial charge in [-0.05, 0) is 42.8 Å². The molecule has 0 aliphatic heterocycles. The van der Waals surface area contributed by atoms with E-state index in [1.165, 1.54) is 12.1 Å². The van der Waals surface area contributed by atoms with Crippen LogP contribution < -0.4 is 10.5 Å². The summed E-state index contributed by atoms with van der Waals surface area (Å²) in [5.74, 6) is -0.434. The highest BCUT2D eigenvalue weighted by molar-refractivity contribution is 5.95. The topological polar surface area (TPSA) is 52.3 Å². The zero-order valence-corrected chi connectivity index (χ0v) is 9.81. The van der Waals surface area contributed by atoms with Crippen LogP contribution in [0.4, 0.5) is 4.39 Å². The molecule has 3 nitrogen and oxygen atoms in total. The molecule has 0 atom stereocenters. The lowest BCUT2D eigenvalue weighted by Crippen LogP contribution is -2.12. The minimum Gasteiger partial charge on any atom is -0.457 e. The molecule has 2 aromatic rings. The number of halogens is 1. The van der Waals surface area contributed by atoms with Gasteiger partial charge in [-0.1, -0.05) is 12.1 Å². The number of carbonyl (C=O) groups is 1. The average molecular weight is 245 g/mol. The largest absolute Gasteiger partial charge is 0.457 e. The number of amides is 1. The Morgan fingerprint density at radius 3 is 2.67 bits per heavy atom. The molecule has 18 heavy (non-hydrogen) atoms. The van der Waals surface area contributed by atoms with Crippen LogP contribution in [-0.4, -0.2) is 5.91 Å². The van der Waals surface area contributed by atoms with E-state index in [1.54, 1.807) is 6.07 Å². The molecule has 0 radical (unpaired) electrons. The van der Waals surface area contributed by atoms with Crippen molar-refractivity contribution in [2.24, 2.45) is 5.73 Å². The summed E-state index contributed by atoms with van der Waals surface area (Å²) in [5.41, 5.74) is 6.23. The number of benzene rings is 2. The predicted octanol–water partition coefficient (Wildman–Crippen LogP) is 3.03. The van der Waals surface area contributed by atoms with Crippen LogP contribution in [0, 0.1) is 12.7 Å². The van der Waals surface area contributed by atoms with Crippen LogP contribution in [-0.2, 0) is 0 Å². The normalized spacial score (nSPS) is 10.1. The SMILES string of the molecule is Cc1cccc(Oc2ccc(F)cc2C(N)=O)c1. The summed E-state index contributed by atoms with van der Waals surface area (Å²) in [6.45, 7) is 1.92. The third kappa shape index (κ3) is 2.66. The maximum Gasteiger partial charge on any atom is 0.252 e. The molecule has 2 aromatic carbocycles. The van der Waals surface area contributed by atoms with E-state index in [0.717, 1.165) is 11.6 Å². The van der Waals surface area contributed by atoms with Crippen LogP contribution >= 0.6 is 0 Å². The van der Waals surface area contributed by atoms with Crippen molar-refractivity contribution in [3.05, 3.63) is 59.4 Å². The Hall–Kier alpha value is -2.36. The van der Waals surface area contributed by atoms with E-state index in [2.05, 4.69) is 0 Å². The summed E-state index contributed by atoms with van der Waals surface area (Å²) in [6.07, 6.45) is 0. The van der Waals surface area contributed by atoms with E-state index < -0.39 is 11.7 Å². The van der Waals surface area contributed by atoms with Crippen molar-refractivity contribution in [3.63, 3.8) is 0 Å². The number of ether oxygens (including phenoxy) is 1. The standard InChI is InChI=1S/C14H12FNO2/c1-9-3-2-4-11(7-9)18-13-6-5-10(15)8-12(13)14(16)17/h2-8H,1H3,(H2,16,17). The van der Waals surface area contributed by atoms with Gasteiger partial charge in [0.15, 0.2) is 0 Å². The predicted molar refractivity (Wildman–Crippen MR) is 66.2 cm³/mol. The van der Waals surface area contributed by atoms with Crippen LogP contribution in [0.2, 0.25) is 0 Å². The van der Waals surface area contributed by atoms with Gasteiger partial charge in [0.25, 0.3) is 5.91 Å². The van der Waals surface area contributed by atoms with Crippen molar-refractivity contribution in [1.82, 2.24) is 0 Å². The maximum atomic E-state index is 13.0. The first kappa shape index (κ1) is 12.1. The molecule has 0 heterocycles. The lowest BCUT2D eigenvalue weighted by Gasteiger charge is -2.09. The Morgan fingerprint density at radius 2 is 2.00 bits per heavy atom. The van der Waals surface area contributed by atoms with Gasteiger partial charge in [-0.25, -0.2) is 4.39 Å². The van der Waals surface area contributed by atoms with Gasteiger partial charge in [0.05, 0.1) is 5.56 Å². The van der Waals surface area contributed by atoms with Gasteiger partial charge in [-0.15, -0.1) is 0 Å². The Bertz CT molecular complexity index is 596. The van der Waals surface area contributed by atoms with E-state index >= 15 is 0 Å². The van der Waals surface area contributed by atoms with Crippen LogP contribution in [0.15, 0.2) is 42.5 Å². The zero-order chi connectivity index (χ0) is 13.1. The highest BCUT2D eigenvalue weighted by Gasteiger charge is 2.11. The highest BCUT2D eigenvalue weighted by Crippen LogP contribution is 2.26. The van der Waals surface area contributed by atoms with Gasteiger partial charge in [0.2, 0.25) is 0 Å². The molecule has 2 rings (SSSR count). The number of hydrogen-bond acceptors (Lipinski definition) is 2. The molecule has 1 amide bonds. The molecule has 2 N–H and O–H groups in total. The fraction of sp³-hybridized carbons (Fsp3) is 0.0714. The van der Waals surface area contributed by atoms with E-state index in [-0.39, 0.29) is 11.3 Å². The first-order chi connectivity index (χ1) is 8.56. The van der Waals surface area contributed by atoms with Crippen molar-refractivity contribution in [2.45, 2.75) is 6.92 Å². The third-order valence-electron chi connectivity index (χ3n) is 2.42. The summed E-state index contributed by atoms with van der Waals surface area (Å²) in [6, 6.07) is 11.0. The number of carbonyl (C=O) groups excluding carboxylic acids is 1. The number of nitrogens with two attached hydrogens (primary N) is 1. The summed E-state index contributed by atoms with van der Waals surface area (Å²) < 4.78 is 18.6. The molecule has 0 fully saturated rings. The van der Waals surface area contributed by atoms with E-state index in [9.17, 15) is 9.18 Å². The Balaban J connectivity index is 2.37. The van der Waals surface area contributed by atoms with Gasteiger partial charge < -0.3 is 10.5 Å². The zero-order valence-electron chi connectivity index (χ0n) is 9.81. The van der Waals surface area contributed by atoms with E-state index in [1.807, 2.05) is 25.1 Å². The van der Waals surface area contributed by atoms with E-state index in [4.69, 9.17) is 10.5 Å². The molecule has 0 unspecified atom stereocenters. The second-order valence-corrected chi connectivity index (χ2v) is 3.92. The summed E-state index contributed by atoms with van der Waals surface area (Å²) >= 11 is 0. The van der Waals surface area contributed by atoms with Crippen LogP contribution in [0.25, 0.3) is 0 Å². The summed E-state index contributed by atoms with van der Waals surface area (Å²) in [7, 11) is 0. The molecule has 92 valence electrons. The second-order valence-electron chi connectivity index (χ2n) is 3.92. The van der Waals surface area contributed by atoms with Crippen molar-refractivity contribution in [3.8, 4) is 11.5 Å². The van der Waals surface area contributed by atoms with Crippen LogP contribution in [0.5, 0.6) is 11.5 Å². The fourth-order valence-electron chi connectivity index (χ4n) is 1.59. The highest BCUT2D eigenvalue weighted by atomic mass is 19.1. The van der Waals surface area contributed by atoms with E-state index in [0.29, 0.717) is 5.75 Å². The molecule has 0 bridgehead atoms. The number of hydrogen-bond donors (Lipinski definition) is 1. The lowest BCUT2D eigenvalue weighted by molar-refractivity contribution is 0.0997. The molecule has 0 spiro atoms. The summed E-state index contributed by atoms with van der Waals surface area (Å²) in [4.78, 5) is 11.2. The Labute approximate surface area is 104 Å². The number of primary amides is 1.